The fourth-order valence-electron chi connectivity index (χ4n) is 2.46. The quantitative estimate of drug-likeness (QED) is 0.643. The van der Waals surface area contributed by atoms with Gasteiger partial charge in [-0.3, -0.25) is 14.9 Å². The SMILES string of the molecule is Cc1cc([N+](=O)[O-])ccc1C(=O)NCCC1CCNC1.Cl. The van der Waals surface area contributed by atoms with Gasteiger partial charge in [-0.05, 0) is 50.4 Å². The highest BCUT2D eigenvalue weighted by Crippen LogP contribution is 2.17. The van der Waals surface area contributed by atoms with Crippen LogP contribution in [-0.2, 0) is 0 Å². The molecule has 0 spiro atoms. The van der Waals surface area contributed by atoms with Crippen LogP contribution in [0.4, 0.5) is 5.69 Å². The van der Waals surface area contributed by atoms with Crippen LogP contribution in [0.2, 0.25) is 0 Å². The van der Waals surface area contributed by atoms with Crippen molar-refractivity contribution in [2.24, 2.45) is 5.92 Å². The molecule has 1 aliphatic rings. The van der Waals surface area contributed by atoms with Gasteiger partial charge in [0, 0.05) is 24.2 Å². The second-order valence-electron chi connectivity index (χ2n) is 5.16. The molecule has 116 valence electrons. The number of nitro groups is 1. The fourth-order valence-corrected chi connectivity index (χ4v) is 2.46. The third-order valence-electron chi connectivity index (χ3n) is 3.67. The Labute approximate surface area is 129 Å². The summed E-state index contributed by atoms with van der Waals surface area (Å²) < 4.78 is 0. The number of halogens is 1. The predicted molar refractivity (Wildman–Crippen MR) is 83.0 cm³/mol. The maximum atomic E-state index is 12.0. The van der Waals surface area contributed by atoms with Crippen LogP contribution in [0.1, 0.15) is 28.8 Å². The van der Waals surface area contributed by atoms with Gasteiger partial charge >= 0.3 is 0 Å². The second-order valence-corrected chi connectivity index (χ2v) is 5.16. The number of rotatable bonds is 5. The van der Waals surface area contributed by atoms with Crippen molar-refractivity contribution in [2.75, 3.05) is 19.6 Å². The van der Waals surface area contributed by atoms with E-state index < -0.39 is 4.92 Å². The summed E-state index contributed by atoms with van der Waals surface area (Å²) in [5, 5.41) is 16.8. The van der Waals surface area contributed by atoms with Gasteiger partial charge in [0.25, 0.3) is 11.6 Å². The number of non-ortho nitro benzene ring substituents is 1. The lowest BCUT2D eigenvalue weighted by Gasteiger charge is -2.10. The number of carbonyl (C=O) groups excluding carboxylic acids is 1. The Balaban J connectivity index is 0.00000220. The monoisotopic (exact) mass is 313 g/mol. The number of carbonyl (C=O) groups is 1. The molecule has 1 atom stereocenters. The maximum Gasteiger partial charge on any atom is 0.269 e. The summed E-state index contributed by atoms with van der Waals surface area (Å²) in [5.41, 5.74) is 1.13. The van der Waals surface area contributed by atoms with Crippen LogP contribution in [0.15, 0.2) is 18.2 Å². The number of nitro benzene ring substituents is 1. The van der Waals surface area contributed by atoms with Gasteiger partial charge in [-0.1, -0.05) is 0 Å². The molecule has 1 fully saturated rings. The minimum Gasteiger partial charge on any atom is -0.352 e. The number of aryl methyl sites for hydroxylation is 1. The summed E-state index contributed by atoms with van der Waals surface area (Å²) >= 11 is 0. The maximum absolute atomic E-state index is 12.0. The predicted octanol–water partition coefficient (Wildman–Crippen LogP) is 2.05. The zero-order chi connectivity index (χ0) is 14.5. The van der Waals surface area contributed by atoms with Gasteiger partial charge in [-0.25, -0.2) is 0 Å². The molecule has 0 aliphatic carbocycles. The molecular weight excluding hydrogens is 294 g/mol. The van der Waals surface area contributed by atoms with E-state index in [0.717, 1.165) is 25.9 Å². The molecule has 0 radical (unpaired) electrons. The Kier molecular flexibility index (Phi) is 6.58. The summed E-state index contributed by atoms with van der Waals surface area (Å²) in [7, 11) is 0. The summed E-state index contributed by atoms with van der Waals surface area (Å²) in [4.78, 5) is 22.2. The molecule has 1 amide bonds. The molecule has 2 N–H and O–H groups in total. The van der Waals surface area contributed by atoms with Crippen molar-refractivity contribution < 1.29 is 9.72 Å². The van der Waals surface area contributed by atoms with Crippen LogP contribution in [0, 0.1) is 23.0 Å². The molecule has 6 nitrogen and oxygen atoms in total. The van der Waals surface area contributed by atoms with Gasteiger partial charge in [0.2, 0.25) is 0 Å². The first-order valence-electron chi connectivity index (χ1n) is 6.82. The average Bonchev–Trinajstić information content (AvgIpc) is 2.91. The molecule has 7 heteroatoms. The van der Waals surface area contributed by atoms with Crippen molar-refractivity contribution in [1.29, 1.82) is 0 Å². The summed E-state index contributed by atoms with van der Waals surface area (Å²) in [6, 6.07) is 4.30. The molecule has 1 aromatic carbocycles. The molecule has 1 aromatic rings. The third-order valence-corrected chi connectivity index (χ3v) is 3.67. The largest absolute Gasteiger partial charge is 0.352 e. The zero-order valence-corrected chi connectivity index (χ0v) is 12.7. The number of nitrogens with zero attached hydrogens (tertiary/aromatic N) is 1. The molecule has 0 bridgehead atoms. The van der Waals surface area contributed by atoms with E-state index in [4.69, 9.17) is 0 Å². The molecular formula is C14H20ClN3O3. The highest BCUT2D eigenvalue weighted by molar-refractivity contribution is 5.95. The summed E-state index contributed by atoms with van der Waals surface area (Å²) in [5.74, 6) is 0.469. The van der Waals surface area contributed by atoms with Crippen molar-refractivity contribution in [2.45, 2.75) is 19.8 Å². The number of nitrogens with one attached hydrogen (secondary N) is 2. The number of hydrogen-bond donors (Lipinski definition) is 2. The van der Waals surface area contributed by atoms with Gasteiger partial charge in [0.05, 0.1) is 4.92 Å². The van der Waals surface area contributed by atoms with Crippen LogP contribution in [0.5, 0.6) is 0 Å². The molecule has 21 heavy (non-hydrogen) atoms. The highest BCUT2D eigenvalue weighted by Gasteiger charge is 2.16. The first kappa shape index (κ1) is 17.4. The normalized spacial score (nSPS) is 17.1. The molecule has 1 saturated heterocycles. The Morgan fingerprint density at radius 1 is 1.52 bits per heavy atom. The molecule has 0 aromatic heterocycles. The molecule has 0 saturated carbocycles. The second kappa shape index (κ2) is 7.95. The molecule has 1 aliphatic heterocycles. The summed E-state index contributed by atoms with van der Waals surface area (Å²) in [6.45, 7) is 4.43. The van der Waals surface area contributed by atoms with E-state index in [-0.39, 0.29) is 24.0 Å². The lowest BCUT2D eigenvalue weighted by molar-refractivity contribution is -0.384. The molecule has 1 heterocycles. The van der Waals surface area contributed by atoms with Gasteiger partial charge in [-0.15, -0.1) is 12.4 Å². The van der Waals surface area contributed by atoms with E-state index in [1.165, 1.54) is 18.2 Å². The number of hydrogen-bond acceptors (Lipinski definition) is 4. The van der Waals surface area contributed by atoms with E-state index in [1.54, 1.807) is 6.92 Å². The summed E-state index contributed by atoms with van der Waals surface area (Å²) in [6.07, 6.45) is 2.12. The van der Waals surface area contributed by atoms with E-state index in [0.29, 0.717) is 23.6 Å². The van der Waals surface area contributed by atoms with Crippen molar-refractivity contribution in [3.8, 4) is 0 Å². The van der Waals surface area contributed by atoms with Gasteiger partial charge in [-0.2, -0.15) is 0 Å². The smallest absolute Gasteiger partial charge is 0.269 e. The molecule has 2 rings (SSSR count). The third kappa shape index (κ3) is 4.68. The van der Waals surface area contributed by atoms with Crippen molar-refractivity contribution in [3.63, 3.8) is 0 Å². The van der Waals surface area contributed by atoms with E-state index >= 15 is 0 Å². The minimum atomic E-state index is -0.457. The van der Waals surface area contributed by atoms with Crippen molar-refractivity contribution >= 4 is 24.0 Å². The standard InChI is InChI=1S/C14H19N3O3.ClH/c1-10-8-12(17(19)20)2-3-13(10)14(18)16-7-5-11-4-6-15-9-11;/h2-3,8,11,15H,4-7,9H2,1H3,(H,16,18);1H. The first-order chi connectivity index (χ1) is 9.58. The van der Waals surface area contributed by atoms with Crippen molar-refractivity contribution in [3.05, 3.63) is 39.4 Å². The highest BCUT2D eigenvalue weighted by atomic mass is 35.5. The van der Waals surface area contributed by atoms with Crippen LogP contribution in [-0.4, -0.2) is 30.5 Å². The average molecular weight is 314 g/mol. The Hall–Kier alpha value is -1.66. The van der Waals surface area contributed by atoms with Gasteiger partial charge < -0.3 is 10.6 Å². The van der Waals surface area contributed by atoms with E-state index in [2.05, 4.69) is 10.6 Å². The lowest BCUT2D eigenvalue weighted by atomic mass is 10.0. The van der Waals surface area contributed by atoms with E-state index in [9.17, 15) is 14.9 Å². The molecule has 1 unspecified atom stereocenters. The first-order valence-corrected chi connectivity index (χ1v) is 6.82. The van der Waals surface area contributed by atoms with Crippen LogP contribution in [0.25, 0.3) is 0 Å². The van der Waals surface area contributed by atoms with E-state index in [1.807, 2.05) is 0 Å². The number of benzene rings is 1. The Morgan fingerprint density at radius 3 is 2.86 bits per heavy atom. The Bertz CT molecular complexity index is 516. The number of amides is 1. The lowest BCUT2D eigenvalue weighted by Crippen LogP contribution is -2.27. The van der Waals surface area contributed by atoms with Crippen LogP contribution >= 0.6 is 12.4 Å². The van der Waals surface area contributed by atoms with Gasteiger partial charge in [0.15, 0.2) is 0 Å². The Morgan fingerprint density at radius 2 is 2.29 bits per heavy atom. The van der Waals surface area contributed by atoms with Crippen LogP contribution < -0.4 is 10.6 Å². The zero-order valence-electron chi connectivity index (χ0n) is 11.9. The van der Waals surface area contributed by atoms with Crippen LogP contribution in [0.3, 0.4) is 0 Å². The fraction of sp³-hybridized carbons (Fsp3) is 0.500. The topological polar surface area (TPSA) is 84.3 Å². The minimum absolute atomic E-state index is 0. The van der Waals surface area contributed by atoms with Crippen molar-refractivity contribution in [1.82, 2.24) is 10.6 Å². The van der Waals surface area contributed by atoms with Gasteiger partial charge in [0.1, 0.15) is 0 Å².